The Bertz CT molecular complexity index is 1580. The van der Waals surface area contributed by atoms with Gasteiger partial charge in [0.15, 0.2) is 0 Å². The maximum Gasteiger partial charge on any atom is 0.254 e. The number of carbonyl (C=O) groups is 2. The lowest BCUT2D eigenvalue weighted by Crippen LogP contribution is -2.42. The van der Waals surface area contributed by atoms with Gasteiger partial charge in [0.05, 0.1) is 30.6 Å². The van der Waals surface area contributed by atoms with Crippen LogP contribution < -0.4 is 10.2 Å². The van der Waals surface area contributed by atoms with E-state index >= 15 is 0 Å². The standard InChI is InChI=1S/C35H46N4O5S/c1-5-39(30-10-17-45(42,43)18-11-30)33-22-29(28-8-6-7-27(20-28)9-12-38-13-15-44-16-14-38)21-31(26(33)4)34(40)36-23-32-24(2)19-25(3)37-35(32)41/h6-8,19-22,30,32H,5,9-18,23H2,1-4H3,(H,36,40). The average Bonchev–Trinajstić information content (AvgIpc) is 3.02. The van der Waals surface area contributed by atoms with E-state index in [1.807, 2.05) is 26.0 Å². The smallest absolute Gasteiger partial charge is 0.254 e. The number of sulfone groups is 1. The molecule has 1 atom stereocenters. The minimum Gasteiger partial charge on any atom is -0.379 e. The Morgan fingerprint density at radius 1 is 1.07 bits per heavy atom. The highest BCUT2D eigenvalue weighted by atomic mass is 32.2. The molecule has 1 N–H and O–H groups in total. The zero-order valence-corrected chi connectivity index (χ0v) is 27.8. The van der Waals surface area contributed by atoms with E-state index in [9.17, 15) is 18.0 Å². The minimum absolute atomic E-state index is 0.0667. The van der Waals surface area contributed by atoms with Gasteiger partial charge >= 0.3 is 0 Å². The number of nitrogens with zero attached hydrogens (tertiary/aromatic N) is 3. The van der Waals surface area contributed by atoms with Gasteiger partial charge in [-0.2, -0.15) is 0 Å². The zero-order valence-electron chi connectivity index (χ0n) is 27.0. The second kappa shape index (κ2) is 14.4. The summed E-state index contributed by atoms with van der Waals surface area (Å²) in [6.45, 7) is 13.0. The van der Waals surface area contributed by atoms with Gasteiger partial charge in [0, 0.05) is 55.7 Å². The molecule has 2 amide bonds. The van der Waals surface area contributed by atoms with Crippen molar-refractivity contribution in [3.05, 3.63) is 64.7 Å². The predicted octanol–water partition coefficient (Wildman–Crippen LogP) is 4.23. The molecule has 2 fully saturated rings. The van der Waals surface area contributed by atoms with E-state index in [0.717, 1.165) is 67.2 Å². The summed E-state index contributed by atoms with van der Waals surface area (Å²) in [5, 5.41) is 3.02. The number of amides is 2. The normalized spacial score (nSPS) is 20.8. The molecule has 2 saturated heterocycles. The number of anilines is 1. The number of carbonyl (C=O) groups excluding carboxylic acids is 2. The number of rotatable bonds is 10. The number of morpholine rings is 1. The van der Waals surface area contributed by atoms with E-state index in [-0.39, 0.29) is 35.9 Å². The fourth-order valence-corrected chi connectivity index (χ4v) is 8.15. The van der Waals surface area contributed by atoms with Crippen LogP contribution in [0, 0.1) is 12.8 Å². The van der Waals surface area contributed by atoms with E-state index in [1.165, 1.54) is 5.56 Å². The highest BCUT2D eigenvalue weighted by Gasteiger charge is 2.30. The van der Waals surface area contributed by atoms with Crippen LogP contribution in [-0.4, -0.2) is 94.3 Å². The van der Waals surface area contributed by atoms with E-state index in [4.69, 9.17) is 4.74 Å². The van der Waals surface area contributed by atoms with Crippen molar-refractivity contribution in [1.29, 1.82) is 0 Å². The van der Waals surface area contributed by atoms with Crippen molar-refractivity contribution in [1.82, 2.24) is 10.2 Å². The molecule has 0 bridgehead atoms. The van der Waals surface area contributed by atoms with Crippen LogP contribution in [0.3, 0.4) is 0 Å². The Kier molecular flexibility index (Phi) is 10.6. The molecule has 0 aliphatic carbocycles. The van der Waals surface area contributed by atoms with Crippen LogP contribution in [0.1, 0.15) is 55.1 Å². The highest BCUT2D eigenvalue weighted by Crippen LogP contribution is 2.35. The van der Waals surface area contributed by atoms with Gasteiger partial charge in [0.25, 0.3) is 11.8 Å². The first kappa shape index (κ1) is 33.0. The SMILES string of the molecule is CCN(c1cc(-c2cccc(CCN3CCOCC3)c2)cc(C(=O)NCC2C(=O)N=C(C)C=C2C)c1C)C1CCS(=O)(=O)CC1. The summed E-state index contributed by atoms with van der Waals surface area (Å²) in [6.07, 6.45) is 3.93. The number of aliphatic imine (C=N–C) groups is 1. The summed E-state index contributed by atoms with van der Waals surface area (Å²) in [4.78, 5) is 35.2. The van der Waals surface area contributed by atoms with Gasteiger partial charge in [-0.25, -0.2) is 13.4 Å². The molecule has 0 aromatic heterocycles. The Hall–Kier alpha value is -3.34. The van der Waals surface area contributed by atoms with Crippen LogP contribution in [0.4, 0.5) is 5.69 Å². The van der Waals surface area contributed by atoms with Crippen LogP contribution in [0.15, 0.2) is 53.0 Å². The molecule has 45 heavy (non-hydrogen) atoms. The number of hydrogen-bond acceptors (Lipinski definition) is 7. The Labute approximate surface area is 267 Å². The third-order valence-corrected chi connectivity index (χ3v) is 11.1. The third kappa shape index (κ3) is 8.09. The van der Waals surface area contributed by atoms with Crippen molar-refractivity contribution in [2.24, 2.45) is 10.9 Å². The first-order chi connectivity index (χ1) is 21.5. The molecule has 3 aliphatic rings. The summed E-state index contributed by atoms with van der Waals surface area (Å²) in [7, 11) is -3.01. The van der Waals surface area contributed by atoms with E-state index in [1.54, 1.807) is 6.92 Å². The van der Waals surface area contributed by atoms with Crippen molar-refractivity contribution in [2.75, 3.05) is 62.3 Å². The van der Waals surface area contributed by atoms with Gasteiger partial charge in [-0.3, -0.25) is 14.5 Å². The van der Waals surface area contributed by atoms with Crippen LogP contribution in [0.25, 0.3) is 11.1 Å². The first-order valence-corrected chi connectivity index (χ1v) is 17.9. The van der Waals surface area contributed by atoms with Crippen LogP contribution >= 0.6 is 0 Å². The number of dihydropyridines is 1. The molecule has 1 unspecified atom stereocenters. The topological polar surface area (TPSA) is 108 Å². The minimum atomic E-state index is -3.01. The number of hydrogen-bond donors (Lipinski definition) is 1. The number of nitrogens with one attached hydrogen (secondary N) is 1. The van der Waals surface area contributed by atoms with Gasteiger partial charge in [-0.1, -0.05) is 29.8 Å². The number of benzene rings is 2. The molecule has 9 nitrogen and oxygen atoms in total. The maximum absolute atomic E-state index is 13.8. The largest absolute Gasteiger partial charge is 0.379 e. The molecular formula is C35H46N4O5S. The Morgan fingerprint density at radius 2 is 1.80 bits per heavy atom. The van der Waals surface area contributed by atoms with Crippen molar-refractivity contribution in [3.63, 3.8) is 0 Å². The van der Waals surface area contributed by atoms with Gasteiger partial charge in [0.2, 0.25) is 0 Å². The van der Waals surface area contributed by atoms with E-state index < -0.39 is 15.8 Å². The summed E-state index contributed by atoms with van der Waals surface area (Å²) < 4.78 is 30.0. The van der Waals surface area contributed by atoms with Gasteiger partial charge in [-0.05, 0) is 87.4 Å². The molecule has 242 valence electrons. The average molecular weight is 635 g/mol. The second-order valence-corrected chi connectivity index (χ2v) is 14.8. The molecule has 2 aromatic carbocycles. The highest BCUT2D eigenvalue weighted by molar-refractivity contribution is 7.91. The Morgan fingerprint density at radius 3 is 2.49 bits per heavy atom. The number of ether oxygens (including phenoxy) is 1. The molecule has 0 radical (unpaired) electrons. The molecule has 3 heterocycles. The summed E-state index contributed by atoms with van der Waals surface area (Å²) in [5.41, 5.74) is 7.07. The molecule has 5 rings (SSSR count). The lowest BCUT2D eigenvalue weighted by molar-refractivity contribution is -0.120. The summed E-state index contributed by atoms with van der Waals surface area (Å²) in [5.74, 6) is -0.615. The number of allylic oxidation sites excluding steroid dienone is 1. The Balaban J connectivity index is 1.46. The second-order valence-electron chi connectivity index (χ2n) is 12.5. The molecule has 0 saturated carbocycles. The fraction of sp³-hybridized carbons (Fsp3) is 0.514. The first-order valence-electron chi connectivity index (χ1n) is 16.1. The van der Waals surface area contributed by atoms with Crippen molar-refractivity contribution >= 4 is 33.1 Å². The van der Waals surface area contributed by atoms with Crippen LogP contribution in [0.5, 0.6) is 0 Å². The monoisotopic (exact) mass is 634 g/mol. The molecular weight excluding hydrogens is 588 g/mol. The molecule has 0 spiro atoms. The lowest BCUT2D eigenvalue weighted by Gasteiger charge is -2.37. The maximum atomic E-state index is 13.8. The van der Waals surface area contributed by atoms with Crippen molar-refractivity contribution in [3.8, 4) is 11.1 Å². The van der Waals surface area contributed by atoms with E-state index in [0.29, 0.717) is 30.7 Å². The molecule has 2 aromatic rings. The zero-order chi connectivity index (χ0) is 32.1. The van der Waals surface area contributed by atoms with E-state index in [2.05, 4.69) is 57.4 Å². The van der Waals surface area contributed by atoms with Gasteiger partial charge in [0.1, 0.15) is 9.84 Å². The predicted molar refractivity (Wildman–Crippen MR) is 180 cm³/mol. The van der Waals surface area contributed by atoms with Crippen LogP contribution in [0.2, 0.25) is 0 Å². The quantitative estimate of drug-likeness (QED) is 0.417. The lowest BCUT2D eigenvalue weighted by atomic mass is 9.93. The molecule has 3 aliphatic heterocycles. The summed E-state index contributed by atoms with van der Waals surface area (Å²) in [6, 6.07) is 12.7. The van der Waals surface area contributed by atoms with Crippen molar-refractivity contribution < 1.29 is 22.7 Å². The fourth-order valence-electron chi connectivity index (χ4n) is 6.68. The van der Waals surface area contributed by atoms with Gasteiger partial charge < -0.3 is 15.0 Å². The third-order valence-electron chi connectivity index (χ3n) is 9.36. The summed E-state index contributed by atoms with van der Waals surface area (Å²) >= 11 is 0. The van der Waals surface area contributed by atoms with Crippen molar-refractivity contribution in [2.45, 2.75) is 53.0 Å². The molecule has 10 heteroatoms. The van der Waals surface area contributed by atoms with Gasteiger partial charge in [-0.15, -0.1) is 0 Å². The van der Waals surface area contributed by atoms with Crippen LogP contribution in [-0.2, 0) is 25.8 Å².